The van der Waals surface area contributed by atoms with Crippen LogP contribution in [0, 0.1) is 11.8 Å². The first-order chi connectivity index (χ1) is 19.7. The number of hydrogen-bond donors (Lipinski definition) is 1. The predicted molar refractivity (Wildman–Crippen MR) is 162 cm³/mol. The molecule has 0 radical (unpaired) electrons. The van der Waals surface area contributed by atoms with Crippen molar-refractivity contribution in [3.05, 3.63) is 48.6 Å². The molecule has 2 unspecified atom stereocenters. The number of carbonyl (C=O) groups is 3. The second-order valence-electron chi connectivity index (χ2n) is 11.8. The van der Waals surface area contributed by atoms with Crippen molar-refractivity contribution in [3.63, 3.8) is 0 Å². The third-order valence-electron chi connectivity index (χ3n) is 9.09. The van der Waals surface area contributed by atoms with Gasteiger partial charge in [0.1, 0.15) is 11.8 Å². The van der Waals surface area contributed by atoms with Gasteiger partial charge in [-0.15, -0.1) is 11.8 Å². The van der Waals surface area contributed by atoms with Gasteiger partial charge in [0.25, 0.3) is 0 Å². The highest BCUT2D eigenvalue weighted by Gasteiger charge is 2.74. The van der Waals surface area contributed by atoms with Crippen molar-refractivity contribution in [2.45, 2.75) is 75.0 Å². The monoisotopic (exact) mass is 581 g/mol. The number of carbonyl (C=O) groups excluding carboxylic acids is 3. The molecule has 222 valence electrons. The van der Waals surface area contributed by atoms with E-state index in [9.17, 15) is 19.5 Å². The van der Waals surface area contributed by atoms with Gasteiger partial charge in [0, 0.05) is 42.7 Å². The van der Waals surface area contributed by atoms with Crippen LogP contribution in [0.3, 0.4) is 0 Å². The van der Waals surface area contributed by atoms with Gasteiger partial charge in [-0.1, -0.05) is 37.6 Å². The number of rotatable bonds is 10. The quantitative estimate of drug-likeness (QED) is 0.332. The fourth-order valence-electron chi connectivity index (χ4n) is 7.26. The molecule has 0 bridgehead atoms. The van der Waals surface area contributed by atoms with Crippen molar-refractivity contribution in [1.29, 1.82) is 0 Å². The van der Waals surface area contributed by atoms with Crippen LogP contribution in [-0.4, -0.2) is 87.1 Å². The van der Waals surface area contributed by atoms with Crippen molar-refractivity contribution in [2.75, 3.05) is 37.7 Å². The van der Waals surface area contributed by atoms with Gasteiger partial charge in [0.15, 0.2) is 0 Å². The van der Waals surface area contributed by atoms with E-state index >= 15 is 0 Å². The van der Waals surface area contributed by atoms with Crippen LogP contribution >= 0.6 is 11.8 Å². The Morgan fingerprint density at radius 3 is 2.41 bits per heavy atom. The molecule has 8 nitrogen and oxygen atoms in total. The standard InChI is InChI=1S/C32H43N3O5S/c1-5-11-22(3)33-19-10-17-32-26(29(38)35(18-7-8-21-36)27(32)30(33)39)25-28(37)34(20-9-16-31(25,4)41-32)23-12-14-24(15-13-23)40-6-2/h9-10,12-17,22,25-27,36H,5-8,11,18-21H2,1-4H3/t22?,25-,26-,27?,31+,32-/m0/s1. The molecule has 5 rings (SSSR count). The molecule has 0 saturated carbocycles. The van der Waals surface area contributed by atoms with Gasteiger partial charge in [0.2, 0.25) is 17.7 Å². The molecule has 3 amide bonds. The minimum atomic E-state index is -0.852. The molecule has 2 fully saturated rings. The van der Waals surface area contributed by atoms with Gasteiger partial charge in [-0.3, -0.25) is 14.4 Å². The van der Waals surface area contributed by atoms with Crippen LogP contribution in [0.15, 0.2) is 48.6 Å². The molecular formula is C32H43N3O5S. The first-order valence-corrected chi connectivity index (χ1v) is 15.9. The summed E-state index contributed by atoms with van der Waals surface area (Å²) in [6.07, 6.45) is 11.2. The number of benzene rings is 1. The van der Waals surface area contributed by atoms with Gasteiger partial charge in [-0.05, 0) is 64.3 Å². The van der Waals surface area contributed by atoms with E-state index < -0.39 is 27.4 Å². The molecule has 9 heteroatoms. The molecule has 0 aromatic heterocycles. The highest BCUT2D eigenvalue weighted by Crippen LogP contribution is 2.65. The van der Waals surface area contributed by atoms with E-state index in [1.807, 2.05) is 55.2 Å². The predicted octanol–water partition coefficient (Wildman–Crippen LogP) is 4.04. The topological polar surface area (TPSA) is 90.4 Å². The molecule has 6 atom stereocenters. The van der Waals surface area contributed by atoms with Crippen molar-refractivity contribution in [2.24, 2.45) is 11.8 Å². The molecule has 0 aliphatic carbocycles. The Labute approximate surface area is 247 Å². The molecule has 4 aliphatic rings. The van der Waals surface area contributed by atoms with Gasteiger partial charge in [0.05, 0.1) is 23.2 Å². The summed E-state index contributed by atoms with van der Waals surface area (Å²) in [5.41, 5.74) is 0.757. The van der Waals surface area contributed by atoms with Gasteiger partial charge in [-0.25, -0.2) is 0 Å². The zero-order valence-electron chi connectivity index (χ0n) is 24.6. The maximum Gasteiger partial charge on any atom is 0.247 e. The van der Waals surface area contributed by atoms with E-state index in [1.54, 1.807) is 21.6 Å². The zero-order chi connectivity index (χ0) is 29.4. The maximum atomic E-state index is 14.5. The maximum absolute atomic E-state index is 14.5. The summed E-state index contributed by atoms with van der Waals surface area (Å²) >= 11 is 1.61. The highest BCUT2D eigenvalue weighted by molar-refractivity contribution is 8.02. The Hall–Kier alpha value is -2.78. The summed E-state index contributed by atoms with van der Waals surface area (Å²) in [6, 6.07) is 6.86. The number of fused-ring (bicyclic) bond motifs is 2. The minimum Gasteiger partial charge on any atom is -0.494 e. The van der Waals surface area contributed by atoms with Crippen LogP contribution in [0.25, 0.3) is 0 Å². The summed E-state index contributed by atoms with van der Waals surface area (Å²) in [7, 11) is 0. The second-order valence-corrected chi connectivity index (χ2v) is 13.6. The third-order valence-corrected chi connectivity index (χ3v) is 10.9. The second kappa shape index (κ2) is 11.8. The molecule has 1 aromatic rings. The molecule has 1 spiro atoms. The lowest BCUT2D eigenvalue weighted by Crippen LogP contribution is -2.55. The van der Waals surface area contributed by atoms with Crippen molar-refractivity contribution in [3.8, 4) is 5.75 Å². The number of thioether (sulfide) groups is 1. The van der Waals surface area contributed by atoms with E-state index in [0.717, 1.165) is 24.3 Å². The van der Waals surface area contributed by atoms with Crippen molar-refractivity contribution >= 4 is 35.2 Å². The smallest absolute Gasteiger partial charge is 0.247 e. The van der Waals surface area contributed by atoms with Gasteiger partial charge >= 0.3 is 0 Å². The van der Waals surface area contributed by atoms with E-state index in [2.05, 4.69) is 26.0 Å². The highest BCUT2D eigenvalue weighted by atomic mass is 32.2. The number of aliphatic hydroxyl groups is 1. The summed E-state index contributed by atoms with van der Waals surface area (Å²) in [5, 5.41) is 9.45. The summed E-state index contributed by atoms with van der Waals surface area (Å²) in [5.74, 6) is -0.825. The lowest BCUT2D eigenvalue weighted by molar-refractivity contribution is -0.144. The van der Waals surface area contributed by atoms with Gasteiger partial charge < -0.3 is 24.5 Å². The summed E-state index contributed by atoms with van der Waals surface area (Å²) in [4.78, 5) is 48.8. The van der Waals surface area contributed by atoms with Crippen LogP contribution in [-0.2, 0) is 14.4 Å². The van der Waals surface area contributed by atoms with Crippen molar-refractivity contribution in [1.82, 2.24) is 9.80 Å². The summed E-state index contributed by atoms with van der Waals surface area (Å²) in [6.45, 7) is 10.0. The Kier molecular flexibility index (Phi) is 8.58. The number of ether oxygens (including phenoxy) is 1. The van der Waals surface area contributed by atoms with Gasteiger partial charge in [-0.2, -0.15) is 0 Å². The van der Waals surface area contributed by atoms with Crippen LogP contribution in [0.2, 0.25) is 0 Å². The summed E-state index contributed by atoms with van der Waals surface area (Å²) < 4.78 is 4.10. The lowest BCUT2D eigenvalue weighted by Gasteiger charge is -2.38. The van der Waals surface area contributed by atoms with E-state index in [4.69, 9.17) is 4.74 Å². The van der Waals surface area contributed by atoms with E-state index in [-0.39, 0.29) is 30.4 Å². The number of likely N-dealkylation sites (tertiary alicyclic amines) is 1. The van der Waals surface area contributed by atoms with Crippen LogP contribution < -0.4 is 9.64 Å². The number of anilines is 1. The number of aliphatic hydroxyl groups excluding tert-OH is 1. The molecule has 1 N–H and O–H groups in total. The fraction of sp³-hybridized carbons (Fsp3) is 0.594. The normalized spacial score (nSPS) is 31.6. The zero-order valence-corrected chi connectivity index (χ0v) is 25.4. The Morgan fingerprint density at radius 2 is 1.73 bits per heavy atom. The molecule has 4 heterocycles. The molecule has 4 aliphatic heterocycles. The van der Waals surface area contributed by atoms with Crippen molar-refractivity contribution < 1.29 is 24.2 Å². The Balaban J connectivity index is 1.56. The van der Waals surface area contributed by atoms with Crippen LogP contribution in [0.4, 0.5) is 5.69 Å². The van der Waals surface area contributed by atoms with E-state index in [1.165, 1.54) is 0 Å². The Morgan fingerprint density at radius 1 is 1.00 bits per heavy atom. The molecule has 41 heavy (non-hydrogen) atoms. The van der Waals surface area contributed by atoms with Crippen LogP contribution in [0.1, 0.15) is 53.4 Å². The number of unbranched alkanes of at least 4 members (excludes halogenated alkanes) is 1. The minimum absolute atomic E-state index is 0.0323. The fourth-order valence-corrected chi connectivity index (χ4v) is 9.42. The van der Waals surface area contributed by atoms with Crippen LogP contribution in [0.5, 0.6) is 5.75 Å². The molecular weight excluding hydrogens is 538 g/mol. The number of hydrogen-bond acceptors (Lipinski definition) is 6. The average Bonchev–Trinajstić information content (AvgIpc) is 3.20. The Bertz CT molecular complexity index is 1220. The molecule has 1 aromatic carbocycles. The first-order valence-electron chi connectivity index (χ1n) is 15.0. The average molecular weight is 582 g/mol. The van der Waals surface area contributed by atoms with E-state index in [0.29, 0.717) is 39.1 Å². The third kappa shape index (κ3) is 4.99. The molecule has 2 saturated heterocycles. The number of amides is 3. The SMILES string of the molecule is CCCC(C)N1CC=C[C@]23S[C@]4(C)C=CCN(c5ccc(OCC)cc5)C(=O)[C@@H]4[C@H]2C(=O)N(CCCCO)C3C1=O. The lowest BCUT2D eigenvalue weighted by atomic mass is 9.74. The first kappa shape index (κ1) is 29.7. The largest absolute Gasteiger partial charge is 0.494 e. The number of nitrogens with zero attached hydrogens (tertiary/aromatic N) is 3.